The van der Waals surface area contributed by atoms with Crippen LogP contribution in [0, 0.1) is 5.92 Å². The number of hydrogen-bond acceptors (Lipinski definition) is 3. The Morgan fingerprint density at radius 2 is 2.00 bits per heavy atom. The number of hydrogen-bond donors (Lipinski definition) is 2. The largest absolute Gasteiger partial charge is 0.356 e. The van der Waals surface area contributed by atoms with Gasteiger partial charge in [-0.1, -0.05) is 0 Å². The van der Waals surface area contributed by atoms with E-state index in [-0.39, 0.29) is 17.9 Å². The molecule has 2 rings (SSSR count). The van der Waals surface area contributed by atoms with Crippen LogP contribution in [0.1, 0.15) is 32.6 Å². The number of carbonyl (C=O) groups excluding carboxylic acids is 2. The topological polar surface area (TPSA) is 61.4 Å². The molecule has 2 N–H and O–H groups in total. The lowest BCUT2D eigenvalue weighted by molar-refractivity contribution is -0.134. The highest BCUT2D eigenvalue weighted by atomic mass is 16.2. The van der Waals surface area contributed by atoms with Crippen molar-refractivity contribution in [3.05, 3.63) is 0 Å². The number of amides is 2. The fraction of sp³-hybridized carbons (Fsp3) is 0.846. The number of nitrogens with one attached hydrogen (secondary N) is 2. The lowest BCUT2D eigenvalue weighted by Crippen LogP contribution is -2.48. The van der Waals surface area contributed by atoms with Gasteiger partial charge in [0.2, 0.25) is 11.8 Å². The van der Waals surface area contributed by atoms with Crippen LogP contribution in [0.4, 0.5) is 0 Å². The van der Waals surface area contributed by atoms with Crippen LogP contribution in [0.15, 0.2) is 0 Å². The van der Waals surface area contributed by atoms with Gasteiger partial charge < -0.3 is 15.5 Å². The zero-order chi connectivity index (χ0) is 13.0. The second-order valence-electron chi connectivity index (χ2n) is 5.35. The number of rotatable bonds is 3. The van der Waals surface area contributed by atoms with Gasteiger partial charge in [0.1, 0.15) is 0 Å². The van der Waals surface area contributed by atoms with E-state index in [0.29, 0.717) is 5.92 Å². The standard InChI is InChI=1S/C13H23N3O2/c1-10(17)15-9-11-4-7-16(8-5-11)13(18)12-3-2-6-14-12/h11-12,14H,2-9H2,1H3,(H,15,17)/t12-/m0/s1. The number of piperidine rings is 1. The molecule has 0 aromatic rings. The zero-order valence-corrected chi connectivity index (χ0v) is 11.1. The molecule has 0 spiro atoms. The van der Waals surface area contributed by atoms with E-state index < -0.39 is 0 Å². The van der Waals surface area contributed by atoms with Crippen LogP contribution in [0.3, 0.4) is 0 Å². The van der Waals surface area contributed by atoms with E-state index in [4.69, 9.17) is 0 Å². The van der Waals surface area contributed by atoms with Crippen molar-refractivity contribution in [2.75, 3.05) is 26.2 Å². The Morgan fingerprint density at radius 1 is 1.28 bits per heavy atom. The van der Waals surface area contributed by atoms with Crippen LogP contribution in [0.2, 0.25) is 0 Å². The predicted molar refractivity (Wildman–Crippen MR) is 69.0 cm³/mol. The van der Waals surface area contributed by atoms with Crippen molar-refractivity contribution in [3.63, 3.8) is 0 Å². The fourth-order valence-electron chi connectivity index (χ4n) is 2.76. The maximum absolute atomic E-state index is 12.2. The molecule has 0 aliphatic carbocycles. The van der Waals surface area contributed by atoms with Crippen molar-refractivity contribution < 1.29 is 9.59 Å². The predicted octanol–water partition coefficient (Wildman–Crippen LogP) is 0.113. The molecule has 2 amide bonds. The quantitative estimate of drug-likeness (QED) is 0.750. The van der Waals surface area contributed by atoms with Crippen LogP contribution in [-0.4, -0.2) is 48.9 Å². The molecule has 2 aliphatic rings. The molecule has 2 saturated heterocycles. The van der Waals surface area contributed by atoms with E-state index in [0.717, 1.165) is 51.9 Å². The molecule has 2 heterocycles. The molecule has 0 bridgehead atoms. The highest BCUT2D eigenvalue weighted by Gasteiger charge is 2.29. The van der Waals surface area contributed by atoms with Crippen molar-refractivity contribution in [3.8, 4) is 0 Å². The average Bonchev–Trinajstić information content (AvgIpc) is 2.90. The first-order valence-corrected chi connectivity index (χ1v) is 6.93. The minimum absolute atomic E-state index is 0.0312. The third-order valence-corrected chi connectivity index (χ3v) is 3.92. The monoisotopic (exact) mass is 253 g/mol. The Kier molecular flexibility index (Phi) is 4.58. The van der Waals surface area contributed by atoms with Crippen molar-refractivity contribution in [2.24, 2.45) is 5.92 Å². The van der Waals surface area contributed by atoms with Gasteiger partial charge in [-0.25, -0.2) is 0 Å². The second-order valence-corrected chi connectivity index (χ2v) is 5.35. The molecule has 0 aromatic carbocycles. The van der Waals surface area contributed by atoms with E-state index in [1.54, 1.807) is 6.92 Å². The molecule has 1 atom stereocenters. The minimum atomic E-state index is 0.0312. The maximum Gasteiger partial charge on any atom is 0.239 e. The molecular weight excluding hydrogens is 230 g/mol. The first-order valence-electron chi connectivity index (χ1n) is 6.93. The summed E-state index contributed by atoms with van der Waals surface area (Å²) >= 11 is 0. The Hall–Kier alpha value is -1.10. The van der Waals surface area contributed by atoms with Gasteiger partial charge >= 0.3 is 0 Å². The van der Waals surface area contributed by atoms with Crippen LogP contribution >= 0.6 is 0 Å². The highest BCUT2D eigenvalue weighted by molar-refractivity contribution is 5.82. The SMILES string of the molecule is CC(=O)NCC1CCN(C(=O)[C@@H]2CCCN2)CC1. The third kappa shape index (κ3) is 3.45. The van der Waals surface area contributed by atoms with Crippen molar-refractivity contribution in [1.82, 2.24) is 15.5 Å². The minimum Gasteiger partial charge on any atom is -0.356 e. The van der Waals surface area contributed by atoms with Crippen molar-refractivity contribution in [2.45, 2.75) is 38.6 Å². The molecule has 5 heteroatoms. The average molecular weight is 253 g/mol. The van der Waals surface area contributed by atoms with Gasteiger partial charge in [0, 0.05) is 26.6 Å². The molecule has 2 fully saturated rings. The van der Waals surface area contributed by atoms with Gasteiger partial charge in [-0.2, -0.15) is 0 Å². The van der Waals surface area contributed by atoms with Crippen LogP contribution in [0.25, 0.3) is 0 Å². The number of likely N-dealkylation sites (tertiary alicyclic amines) is 1. The number of carbonyl (C=O) groups is 2. The molecule has 0 unspecified atom stereocenters. The molecule has 0 aromatic heterocycles. The van der Waals surface area contributed by atoms with E-state index in [1.165, 1.54) is 0 Å². The summed E-state index contributed by atoms with van der Waals surface area (Å²) in [6, 6.07) is 0.0527. The highest BCUT2D eigenvalue weighted by Crippen LogP contribution is 2.18. The van der Waals surface area contributed by atoms with Crippen LogP contribution in [-0.2, 0) is 9.59 Å². The molecule has 0 radical (unpaired) electrons. The summed E-state index contributed by atoms with van der Waals surface area (Å²) < 4.78 is 0. The van der Waals surface area contributed by atoms with E-state index >= 15 is 0 Å². The Balaban J connectivity index is 1.72. The Bertz CT molecular complexity index is 305. The van der Waals surface area contributed by atoms with Crippen molar-refractivity contribution in [1.29, 1.82) is 0 Å². The first kappa shape index (κ1) is 13.3. The summed E-state index contributed by atoms with van der Waals surface area (Å²) in [6.07, 6.45) is 4.08. The van der Waals surface area contributed by atoms with E-state index in [9.17, 15) is 9.59 Å². The molecule has 2 aliphatic heterocycles. The second kappa shape index (κ2) is 6.18. The summed E-state index contributed by atoms with van der Waals surface area (Å²) in [5.74, 6) is 0.823. The molecule has 0 saturated carbocycles. The van der Waals surface area contributed by atoms with Gasteiger partial charge in [0.25, 0.3) is 0 Å². The summed E-state index contributed by atoms with van der Waals surface area (Å²) in [6.45, 7) is 4.93. The molecule has 5 nitrogen and oxygen atoms in total. The van der Waals surface area contributed by atoms with E-state index in [2.05, 4.69) is 10.6 Å². The van der Waals surface area contributed by atoms with Gasteiger partial charge in [-0.15, -0.1) is 0 Å². The summed E-state index contributed by atoms with van der Waals surface area (Å²) in [5, 5.41) is 6.12. The zero-order valence-electron chi connectivity index (χ0n) is 11.1. The van der Waals surface area contributed by atoms with Gasteiger partial charge in [0.05, 0.1) is 6.04 Å². The normalized spacial score (nSPS) is 25.2. The first-order chi connectivity index (χ1) is 8.66. The molecule has 102 valence electrons. The third-order valence-electron chi connectivity index (χ3n) is 3.92. The Labute approximate surface area is 108 Å². The van der Waals surface area contributed by atoms with Crippen LogP contribution in [0.5, 0.6) is 0 Å². The van der Waals surface area contributed by atoms with Gasteiger partial charge in [0.15, 0.2) is 0 Å². The summed E-state index contributed by atoms with van der Waals surface area (Å²) in [5.41, 5.74) is 0. The maximum atomic E-state index is 12.2. The number of nitrogens with zero attached hydrogens (tertiary/aromatic N) is 1. The molecular formula is C13H23N3O2. The van der Waals surface area contributed by atoms with Crippen molar-refractivity contribution >= 4 is 11.8 Å². The smallest absolute Gasteiger partial charge is 0.239 e. The lowest BCUT2D eigenvalue weighted by atomic mass is 9.96. The van der Waals surface area contributed by atoms with Gasteiger partial charge in [-0.05, 0) is 38.1 Å². The Morgan fingerprint density at radius 3 is 2.56 bits per heavy atom. The lowest BCUT2D eigenvalue weighted by Gasteiger charge is -2.33. The fourth-order valence-corrected chi connectivity index (χ4v) is 2.76. The van der Waals surface area contributed by atoms with Gasteiger partial charge in [-0.3, -0.25) is 9.59 Å². The molecule has 18 heavy (non-hydrogen) atoms. The summed E-state index contributed by atoms with van der Waals surface area (Å²) in [4.78, 5) is 25.0. The van der Waals surface area contributed by atoms with Crippen LogP contribution < -0.4 is 10.6 Å². The van der Waals surface area contributed by atoms with E-state index in [1.807, 2.05) is 4.90 Å². The summed E-state index contributed by atoms with van der Waals surface area (Å²) in [7, 11) is 0.